The summed E-state index contributed by atoms with van der Waals surface area (Å²) in [5.41, 5.74) is -1.05. The number of hydrogen-bond donors (Lipinski definition) is 3. The first kappa shape index (κ1) is 24.5. The van der Waals surface area contributed by atoms with Gasteiger partial charge in [-0.2, -0.15) is 0 Å². The highest BCUT2D eigenvalue weighted by Gasteiger charge is 2.60. The van der Waals surface area contributed by atoms with E-state index >= 15 is 0 Å². The number of aliphatic hydroxyl groups excluding tert-OH is 2. The summed E-state index contributed by atoms with van der Waals surface area (Å²) in [6, 6.07) is 0. The van der Waals surface area contributed by atoms with Crippen LogP contribution in [0.15, 0.2) is 15.8 Å². The molecule has 0 spiro atoms. The molecule has 1 fully saturated rings. The minimum absolute atomic E-state index is 0.213. The molecule has 1 aliphatic heterocycles. The Morgan fingerprint density at radius 3 is 2.53 bits per heavy atom. The van der Waals surface area contributed by atoms with Crippen LogP contribution in [-0.4, -0.2) is 58.8 Å². The lowest BCUT2D eigenvalue weighted by Crippen LogP contribution is -2.57. The summed E-state index contributed by atoms with van der Waals surface area (Å²) < 4.78 is 19.2. The number of aryl methyl sites for hydroxylation is 1. The van der Waals surface area contributed by atoms with Crippen LogP contribution >= 0.6 is 0 Å². The van der Waals surface area contributed by atoms with E-state index in [2.05, 4.69) is 10.9 Å². The highest BCUT2D eigenvalue weighted by Crippen LogP contribution is 2.45. The van der Waals surface area contributed by atoms with Gasteiger partial charge in [0, 0.05) is 11.8 Å². The van der Waals surface area contributed by atoms with Crippen molar-refractivity contribution in [1.29, 1.82) is 0 Å². The lowest BCUT2D eigenvalue weighted by molar-refractivity contribution is -0.287. The maximum Gasteiger partial charge on any atom is 0.330 e. The van der Waals surface area contributed by atoms with Crippen molar-refractivity contribution in [2.75, 3.05) is 6.61 Å². The van der Waals surface area contributed by atoms with Gasteiger partial charge >= 0.3 is 5.69 Å². The zero-order chi connectivity index (χ0) is 23.1. The molecule has 1 aliphatic rings. The fourth-order valence-electron chi connectivity index (χ4n) is 2.99. The molecule has 1 saturated heterocycles. The van der Waals surface area contributed by atoms with Crippen molar-refractivity contribution in [3.63, 3.8) is 0 Å². The van der Waals surface area contributed by atoms with Crippen molar-refractivity contribution in [1.82, 2.24) is 9.55 Å². The van der Waals surface area contributed by atoms with Gasteiger partial charge in [0.05, 0.1) is 0 Å². The molecule has 9 nitrogen and oxygen atoms in total. The molecule has 1 aromatic heterocycles. The van der Waals surface area contributed by atoms with Gasteiger partial charge in [-0.15, -0.1) is 6.42 Å². The van der Waals surface area contributed by atoms with E-state index < -0.39 is 56.5 Å². The zero-order valence-corrected chi connectivity index (χ0v) is 19.6. The summed E-state index contributed by atoms with van der Waals surface area (Å²) in [5.74, 6) is 0.610. The number of nitrogens with one attached hydrogen (secondary N) is 1. The molecule has 0 radical (unpaired) electrons. The van der Waals surface area contributed by atoms with Crippen molar-refractivity contribution in [3.8, 4) is 12.3 Å². The van der Waals surface area contributed by atoms with Crippen LogP contribution in [0, 0.1) is 19.3 Å². The Morgan fingerprint density at radius 1 is 1.43 bits per heavy atom. The van der Waals surface area contributed by atoms with Gasteiger partial charge in [-0.25, -0.2) is 4.79 Å². The number of aromatic nitrogens is 2. The third-order valence-corrected chi connectivity index (χ3v) is 10.3. The summed E-state index contributed by atoms with van der Waals surface area (Å²) >= 11 is 0. The predicted molar refractivity (Wildman–Crippen MR) is 113 cm³/mol. The second kappa shape index (κ2) is 8.41. The molecular weight excluding hydrogens is 408 g/mol. The zero-order valence-electron chi connectivity index (χ0n) is 18.6. The molecule has 3 N–H and O–H groups in total. The van der Waals surface area contributed by atoms with Crippen LogP contribution in [0.25, 0.3) is 0 Å². The minimum Gasteiger partial charge on any atom is -0.406 e. The van der Waals surface area contributed by atoms with E-state index in [1.54, 1.807) is 6.92 Å². The molecule has 30 heavy (non-hydrogen) atoms. The summed E-state index contributed by atoms with van der Waals surface area (Å²) in [4.78, 5) is 26.3. The number of nitrogens with zero attached hydrogens (tertiary/aromatic N) is 1. The Labute approximate surface area is 177 Å². The topological polar surface area (TPSA) is 123 Å². The second-order valence-corrected chi connectivity index (χ2v) is 13.9. The van der Waals surface area contributed by atoms with E-state index in [0.29, 0.717) is 0 Å². The largest absolute Gasteiger partial charge is 0.406 e. The average molecular weight is 441 g/mol. The fraction of sp³-hybridized carbons (Fsp3) is 0.700. The Balaban J connectivity index is 2.59. The molecule has 0 saturated carbocycles. The van der Waals surface area contributed by atoms with E-state index in [9.17, 15) is 19.8 Å². The van der Waals surface area contributed by atoms with Crippen LogP contribution in [0.1, 0.15) is 39.5 Å². The molecular formula is C20H32N2O7Si. The van der Waals surface area contributed by atoms with Gasteiger partial charge in [0.1, 0.15) is 24.9 Å². The van der Waals surface area contributed by atoms with E-state index in [0.717, 1.165) is 4.57 Å². The summed E-state index contributed by atoms with van der Waals surface area (Å²) in [6.45, 7) is 12.5. The molecule has 0 aliphatic carbocycles. The standard InChI is InChI=1S/C20H32N2O7Si/c1-9-13(3)27-20(11-23)15(29-30(7,8)19(4,5)6)14(24)17(28-20)22-10-12(2)16(25)21-18(22)26/h1,10,13-15,17,23-24H,11H2,2-8H3,(H,21,25,26)/t13-,14-,15+,17-,20-/m1/s1. The number of terminal acetylenes is 1. The van der Waals surface area contributed by atoms with Crippen LogP contribution < -0.4 is 11.2 Å². The SMILES string of the molecule is C#C[C@@H](C)O[C@]1(CO)O[C@@H](n2cc(C)c(=O)[nH]c2=O)[C@H](O)[C@@H]1O[Si](C)(C)C(C)(C)C. The maximum absolute atomic E-state index is 12.4. The molecule has 0 unspecified atom stereocenters. The van der Waals surface area contributed by atoms with E-state index in [4.69, 9.17) is 20.3 Å². The third-order valence-electron chi connectivity index (χ3n) is 5.84. The molecule has 0 bridgehead atoms. The second-order valence-electron chi connectivity index (χ2n) is 9.17. The Kier molecular flexibility index (Phi) is 6.88. The van der Waals surface area contributed by atoms with Crippen molar-refractivity contribution in [2.45, 2.75) is 83.1 Å². The lowest BCUT2D eigenvalue weighted by Gasteiger charge is -2.43. The van der Waals surface area contributed by atoms with Gasteiger partial charge in [-0.3, -0.25) is 14.3 Å². The Morgan fingerprint density at radius 2 is 2.03 bits per heavy atom. The first-order valence-corrected chi connectivity index (χ1v) is 12.7. The first-order chi connectivity index (χ1) is 13.7. The smallest absolute Gasteiger partial charge is 0.330 e. The molecule has 10 heteroatoms. The molecule has 0 amide bonds. The van der Waals surface area contributed by atoms with Gasteiger partial charge in [-0.05, 0) is 32.0 Å². The van der Waals surface area contributed by atoms with Gasteiger partial charge in [0.15, 0.2) is 14.5 Å². The van der Waals surface area contributed by atoms with Crippen LogP contribution in [-0.2, 0) is 13.9 Å². The molecule has 168 valence electrons. The minimum atomic E-state index is -2.47. The highest BCUT2D eigenvalue weighted by atomic mass is 28.4. The van der Waals surface area contributed by atoms with Crippen LogP contribution in [0.3, 0.4) is 0 Å². The van der Waals surface area contributed by atoms with E-state index in [1.807, 2.05) is 33.9 Å². The van der Waals surface area contributed by atoms with E-state index in [1.165, 1.54) is 13.1 Å². The van der Waals surface area contributed by atoms with Crippen LogP contribution in [0.4, 0.5) is 0 Å². The van der Waals surface area contributed by atoms with Crippen molar-refractivity contribution in [3.05, 3.63) is 32.6 Å². The molecule has 0 aromatic carbocycles. The van der Waals surface area contributed by atoms with Crippen molar-refractivity contribution < 1.29 is 24.1 Å². The number of hydrogen-bond acceptors (Lipinski definition) is 7. The van der Waals surface area contributed by atoms with Gasteiger partial charge in [0.2, 0.25) is 5.79 Å². The summed E-state index contributed by atoms with van der Waals surface area (Å²) in [6.07, 6.45) is 2.21. The summed E-state index contributed by atoms with van der Waals surface area (Å²) in [5, 5.41) is 21.2. The molecule has 5 atom stereocenters. The van der Waals surface area contributed by atoms with Gasteiger partial charge in [0.25, 0.3) is 5.56 Å². The molecule has 2 rings (SSSR count). The lowest BCUT2D eigenvalue weighted by atomic mass is 10.1. The van der Waals surface area contributed by atoms with Gasteiger partial charge in [-0.1, -0.05) is 26.7 Å². The van der Waals surface area contributed by atoms with Crippen LogP contribution in [0.5, 0.6) is 0 Å². The number of aliphatic hydroxyl groups is 2. The quantitative estimate of drug-likeness (QED) is 0.443. The predicted octanol–water partition coefficient (Wildman–Crippen LogP) is 0.852. The molecule has 2 heterocycles. The normalized spacial score (nSPS) is 28.3. The summed E-state index contributed by atoms with van der Waals surface area (Å²) in [7, 11) is -2.47. The highest BCUT2D eigenvalue weighted by molar-refractivity contribution is 6.74. The first-order valence-electron chi connectivity index (χ1n) is 9.79. The molecule has 1 aromatic rings. The van der Waals surface area contributed by atoms with Crippen LogP contribution in [0.2, 0.25) is 18.1 Å². The maximum atomic E-state index is 12.4. The number of ether oxygens (including phenoxy) is 2. The fourth-order valence-corrected chi connectivity index (χ4v) is 4.30. The Hall–Kier alpha value is -1.74. The Bertz CT molecular complexity index is 927. The number of rotatable bonds is 6. The van der Waals surface area contributed by atoms with Gasteiger partial charge < -0.3 is 24.1 Å². The average Bonchev–Trinajstić information content (AvgIpc) is 2.89. The third kappa shape index (κ3) is 4.46. The monoisotopic (exact) mass is 440 g/mol. The van der Waals surface area contributed by atoms with Crippen molar-refractivity contribution >= 4 is 8.32 Å². The van der Waals surface area contributed by atoms with Crippen molar-refractivity contribution in [2.24, 2.45) is 0 Å². The number of H-pyrrole nitrogens is 1. The number of aromatic amines is 1. The van der Waals surface area contributed by atoms with E-state index in [-0.39, 0.29) is 10.6 Å².